The second kappa shape index (κ2) is 8.88. The average molecular weight is 456 g/mol. The van der Waals surface area contributed by atoms with Gasteiger partial charge in [0.25, 0.3) is 5.91 Å². The largest absolute Gasteiger partial charge is 0.495 e. The van der Waals surface area contributed by atoms with E-state index in [9.17, 15) is 4.79 Å². The van der Waals surface area contributed by atoms with Crippen LogP contribution in [0.1, 0.15) is 6.92 Å². The van der Waals surface area contributed by atoms with E-state index in [1.165, 1.54) is 0 Å². The summed E-state index contributed by atoms with van der Waals surface area (Å²) in [5.74, 6) is 1.23. The van der Waals surface area contributed by atoms with Crippen LogP contribution in [0.5, 0.6) is 11.5 Å². The lowest BCUT2D eigenvalue weighted by Crippen LogP contribution is -2.30. The summed E-state index contributed by atoms with van der Waals surface area (Å²) in [5, 5.41) is 3.67. The van der Waals surface area contributed by atoms with Gasteiger partial charge < -0.3 is 19.8 Å². The predicted octanol–water partition coefficient (Wildman–Crippen LogP) is 5.95. The Kier molecular flexibility index (Phi) is 6.02. The van der Waals surface area contributed by atoms with Gasteiger partial charge in [-0.1, -0.05) is 35.3 Å². The standard InChI is InChI=1S/C23H19Cl2N3O3/c1-13(31-20-10-8-15(24)12-16(20)25)23(29)28-19-11-14(7-9-21(19)30-2)22-26-17-5-3-4-6-18(17)27-22/h3-13H,1-2H3,(H,26,27)(H,28,29)/t13-/m0/s1. The number of aromatic amines is 1. The van der Waals surface area contributed by atoms with Crippen LogP contribution in [-0.4, -0.2) is 29.1 Å². The molecule has 0 bridgehead atoms. The van der Waals surface area contributed by atoms with Gasteiger partial charge in [-0.05, 0) is 55.5 Å². The summed E-state index contributed by atoms with van der Waals surface area (Å²) in [7, 11) is 1.54. The van der Waals surface area contributed by atoms with E-state index in [4.69, 9.17) is 32.7 Å². The van der Waals surface area contributed by atoms with E-state index in [-0.39, 0.29) is 5.91 Å². The number of fused-ring (bicyclic) bond motifs is 1. The molecule has 0 aliphatic heterocycles. The second-order valence-electron chi connectivity index (χ2n) is 6.84. The van der Waals surface area contributed by atoms with Crippen molar-refractivity contribution < 1.29 is 14.3 Å². The lowest BCUT2D eigenvalue weighted by molar-refractivity contribution is -0.122. The number of halogens is 2. The third kappa shape index (κ3) is 4.60. The lowest BCUT2D eigenvalue weighted by atomic mass is 10.1. The Hall–Kier alpha value is -3.22. The van der Waals surface area contributed by atoms with E-state index in [2.05, 4.69) is 15.3 Å². The van der Waals surface area contributed by atoms with E-state index < -0.39 is 6.10 Å². The number of nitrogens with one attached hydrogen (secondary N) is 2. The second-order valence-corrected chi connectivity index (χ2v) is 7.69. The lowest BCUT2D eigenvalue weighted by Gasteiger charge is -2.17. The molecule has 158 valence electrons. The molecule has 1 amide bonds. The van der Waals surface area contributed by atoms with Gasteiger partial charge in [-0.15, -0.1) is 0 Å². The van der Waals surface area contributed by atoms with Crippen molar-refractivity contribution in [2.45, 2.75) is 13.0 Å². The van der Waals surface area contributed by atoms with Crippen LogP contribution in [0.4, 0.5) is 5.69 Å². The van der Waals surface area contributed by atoms with E-state index >= 15 is 0 Å². The molecule has 1 aromatic heterocycles. The molecule has 0 aliphatic carbocycles. The van der Waals surface area contributed by atoms with Gasteiger partial charge in [0.05, 0.1) is 28.9 Å². The third-order valence-corrected chi connectivity index (χ3v) is 5.22. The maximum Gasteiger partial charge on any atom is 0.265 e. The van der Waals surface area contributed by atoms with Crippen LogP contribution in [0.25, 0.3) is 22.4 Å². The van der Waals surface area contributed by atoms with Gasteiger partial charge in [0.1, 0.15) is 17.3 Å². The number of nitrogens with zero attached hydrogens (tertiary/aromatic N) is 1. The molecule has 0 radical (unpaired) electrons. The summed E-state index contributed by atoms with van der Waals surface area (Å²) >= 11 is 12.0. The van der Waals surface area contributed by atoms with Crippen molar-refractivity contribution >= 4 is 45.8 Å². The highest BCUT2D eigenvalue weighted by molar-refractivity contribution is 6.35. The van der Waals surface area contributed by atoms with Gasteiger partial charge in [-0.25, -0.2) is 4.98 Å². The fourth-order valence-corrected chi connectivity index (χ4v) is 3.54. The van der Waals surface area contributed by atoms with Crippen molar-refractivity contribution in [3.05, 3.63) is 70.7 Å². The highest BCUT2D eigenvalue weighted by atomic mass is 35.5. The summed E-state index contributed by atoms with van der Waals surface area (Å²) in [4.78, 5) is 20.7. The summed E-state index contributed by atoms with van der Waals surface area (Å²) in [6, 6.07) is 18.0. The third-order valence-electron chi connectivity index (χ3n) is 4.69. The molecule has 3 aromatic carbocycles. The van der Waals surface area contributed by atoms with Crippen LogP contribution in [0.15, 0.2) is 60.7 Å². The van der Waals surface area contributed by atoms with E-state index in [0.717, 1.165) is 16.6 Å². The molecule has 31 heavy (non-hydrogen) atoms. The van der Waals surface area contributed by atoms with Crippen LogP contribution >= 0.6 is 23.2 Å². The Morgan fingerprint density at radius 2 is 1.84 bits per heavy atom. The Bertz CT molecular complexity index is 1220. The van der Waals surface area contributed by atoms with E-state index in [0.29, 0.717) is 33.1 Å². The molecule has 0 aliphatic rings. The number of rotatable bonds is 6. The van der Waals surface area contributed by atoms with Crippen LogP contribution in [-0.2, 0) is 4.79 Å². The van der Waals surface area contributed by atoms with E-state index in [1.807, 2.05) is 30.3 Å². The molecule has 0 saturated carbocycles. The number of anilines is 1. The maximum absolute atomic E-state index is 12.8. The van der Waals surface area contributed by atoms with Crippen molar-refractivity contribution in [1.82, 2.24) is 9.97 Å². The molecular formula is C23H19Cl2N3O3. The summed E-state index contributed by atoms with van der Waals surface area (Å²) in [6.07, 6.45) is -0.807. The molecule has 1 heterocycles. The van der Waals surface area contributed by atoms with Crippen molar-refractivity contribution in [1.29, 1.82) is 0 Å². The number of aromatic nitrogens is 2. The zero-order valence-corrected chi connectivity index (χ0v) is 18.3. The van der Waals surface area contributed by atoms with Gasteiger partial charge in [-0.2, -0.15) is 0 Å². The van der Waals surface area contributed by atoms with Gasteiger partial charge in [0.15, 0.2) is 6.10 Å². The average Bonchev–Trinajstić information content (AvgIpc) is 3.20. The number of hydrogen-bond acceptors (Lipinski definition) is 4. The predicted molar refractivity (Wildman–Crippen MR) is 123 cm³/mol. The molecule has 0 spiro atoms. The van der Waals surface area contributed by atoms with Crippen molar-refractivity contribution in [3.8, 4) is 22.9 Å². The summed E-state index contributed by atoms with van der Waals surface area (Å²) in [6.45, 7) is 1.63. The minimum absolute atomic E-state index is 0.330. The first kappa shape index (κ1) is 21.0. The zero-order chi connectivity index (χ0) is 22.0. The summed E-state index contributed by atoms with van der Waals surface area (Å²) in [5.41, 5.74) is 3.10. The quantitative estimate of drug-likeness (QED) is 0.376. The molecule has 6 nitrogen and oxygen atoms in total. The number of carbonyl (C=O) groups is 1. The van der Waals surface area contributed by atoms with Crippen molar-refractivity contribution in [2.24, 2.45) is 0 Å². The Balaban J connectivity index is 1.56. The Morgan fingerprint density at radius 3 is 2.58 bits per heavy atom. The number of amides is 1. The fourth-order valence-electron chi connectivity index (χ4n) is 3.09. The molecule has 0 saturated heterocycles. The SMILES string of the molecule is COc1ccc(-c2nc3ccccc3[nH]2)cc1NC(=O)[C@H](C)Oc1ccc(Cl)cc1Cl. The molecule has 4 aromatic rings. The number of ether oxygens (including phenoxy) is 2. The zero-order valence-electron chi connectivity index (χ0n) is 16.8. The van der Waals surface area contributed by atoms with Crippen LogP contribution in [0, 0.1) is 0 Å². The Labute approximate surface area is 189 Å². The number of carbonyl (C=O) groups excluding carboxylic acids is 1. The molecule has 0 unspecified atom stereocenters. The van der Waals surface area contributed by atoms with Gasteiger partial charge in [0.2, 0.25) is 0 Å². The molecular weight excluding hydrogens is 437 g/mol. The van der Waals surface area contributed by atoms with E-state index in [1.54, 1.807) is 44.4 Å². The molecule has 0 fully saturated rings. The van der Waals surface area contributed by atoms with Crippen molar-refractivity contribution in [2.75, 3.05) is 12.4 Å². The number of hydrogen-bond donors (Lipinski definition) is 2. The minimum atomic E-state index is -0.807. The molecule has 2 N–H and O–H groups in total. The maximum atomic E-state index is 12.8. The fraction of sp³-hybridized carbons (Fsp3) is 0.130. The summed E-state index contributed by atoms with van der Waals surface area (Å²) < 4.78 is 11.1. The van der Waals surface area contributed by atoms with Crippen LogP contribution < -0.4 is 14.8 Å². The monoisotopic (exact) mass is 455 g/mol. The van der Waals surface area contributed by atoms with Gasteiger partial charge >= 0.3 is 0 Å². The highest BCUT2D eigenvalue weighted by Gasteiger charge is 2.19. The topological polar surface area (TPSA) is 76.2 Å². The number of methoxy groups -OCH3 is 1. The van der Waals surface area contributed by atoms with Crippen molar-refractivity contribution in [3.63, 3.8) is 0 Å². The normalized spacial score (nSPS) is 11.9. The number of para-hydroxylation sites is 2. The smallest absolute Gasteiger partial charge is 0.265 e. The number of H-pyrrole nitrogens is 1. The molecule has 1 atom stereocenters. The van der Waals surface area contributed by atoms with Gasteiger partial charge in [-0.3, -0.25) is 4.79 Å². The van der Waals surface area contributed by atoms with Crippen LogP contribution in [0.2, 0.25) is 10.0 Å². The number of benzene rings is 3. The first-order chi connectivity index (χ1) is 14.9. The first-order valence-electron chi connectivity index (χ1n) is 9.50. The number of imidazole rings is 1. The first-order valence-corrected chi connectivity index (χ1v) is 10.3. The molecule has 4 rings (SSSR count). The van der Waals surface area contributed by atoms with Gasteiger partial charge in [0, 0.05) is 10.6 Å². The Morgan fingerprint density at radius 1 is 1.06 bits per heavy atom. The highest BCUT2D eigenvalue weighted by Crippen LogP contribution is 2.32. The van der Waals surface area contributed by atoms with Crippen LogP contribution in [0.3, 0.4) is 0 Å². The minimum Gasteiger partial charge on any atom is -0.495 e. The molecule has 8 heteroatoms.